The summed E-state index contributed by atoms with van der Waals surface area (Å²) in [7, 11) is 0. The predicted octanol–water partition coefficient (Wildman–Crippen LogP) is 3.60. The van der Waals surface area contributed by atoms with Crippen molar-refractivity contribution in [3.8, 4) is 0 Å². The monoisotopic (exact) mass is 306 g/mol. The van der Waals surface area contributed by atoms with Crippen LogP contribution in [0.15, 0.2) is 34.8 Å². The van der Waals surface area contributed by atoms with Crippen LogP contribution in [0.3, 0.4) is 0 Å². The van der Waals surface area contributed by atoms with E-state index in [1.54, 1.807) is 0 Å². The molecule has 0 saturated heterocycles. The van der Waals surface area contributed by atoms with E-state index in [2.05, 4.69) is 38.3 Å². The van der Waals surface area contributed by atoms with Crippen molar-refractivity contribution >= 4 is 21.7 Å². The highest BCUT2D eigenvalue weighted by Gasteiger charge is 2.14. The number of halogens is 1. The Morgan fingerprint density at radius 2 is 2.00 bits per heavy atom. The number of aromatic nitrogens is 2. The van der Waals surface area contributed by atoms with Gasteiger partial charge in [-0.05, 0) is 23.8 Å². The molecule has 1 aromatic heterocycles. The van der Waals surface area contributed by atoms with Crippen LogP contribution in [0, 0.1) is 5.92 Å². The van der Waals surface area contributed by atoms with Gasteiger partial charge < -0.3 is 0 Å². The van der Waals surface area contributed by atoms with E-state index in [0.29, 0.717) is 5.69 Å². The van der Waals surface area contributed by atoms with Gasteiger partial charge in [-0.2, -0.15) is 5.10 Å². The number of nitrogens with one attached hydrogen (secondary N) is 1. The maximum Gasteiger partial charge on any atom is 0.185 e. The Morgan fingerprint density at radius 3 is 2.61 bits per heavy atom. The molecule has 0 aliphatic rings. The summed E-state index contributed by atoms with van der Waals surface area (Å²) in [6.45, 7) is 3.76. The predicted molar refractivity (Wildman–Crippen MR) is 74.7 cm³/mol. The number of aromatic amines is 1. The second-order valence-corrected chi connectivity index (χ2v) is 5.52. The first-order valence-electron chi connectivity index (χ1n) is 5.89. The van der Waals surface area contributed by atoms with Gasteiger partial charge in [0.2, 0.25) is 0 Å². The number of carbonyl (C=O) groups excluding carboxylic acids is 1. The molecule has 3 nitrogen and oxygen atoms in total. The van der Waals surface area contributed by atoms with Crippen LogP contribution in [0.5, 0.6) is 0 Å². The minimum Gasteiger partial charge on any atom is -0.292 e. The number of hydrogen-bond donors (Lipinski definition) is 1. The van der Waals surface area contributed by atoms with Crippen molar-refractivity contribution in [1.29, 1.82) is 0 Å². The summed E-state index contributed by atoms with van der Waals surface area (Å²) in [5.41, 5.74) is 2.67. The third-order valence-corrected chi connectivity index (χ3v) is 3.24. The molecule has 0 atom stereocenters. The number of benzene rings is 1. The molecule has 0 spiro atoms. The van der Waals surface area contributed by atoms with Crippen LogP contribution in [-0.2, 0) is 6.42 Å². The van der Waals surface area contributed by atoms with Gasteiger partial charge in [-0.1, -0.05) is 41.9 Å². The molecule has 1 heterocycles. The minimum absolute atomic E-state index is 0.0196. The van der Waals surface area contributed by atoms with Crippen molar-refractivity contribution in [2.75, 3.05) is 0 Å². The van der Waals surface area contributed by atoms with Crippen LogP contribution in [0.25, 0.3) is 0 Å². The van der Waals surface area contributed by atoms with Crippen LogP contribution in [0.1, 0.15) is 35.6 Å². The lowest BCUT2D eigenvalue weighted by Crippen LogP contribution is -2.07. The largest absolute Gasteiger partial charge is 0.292 e. The van der Waals surface area contributed by atoms with Gasteiger partial charge in [0.25, 0.3) is 0 Å². The summed E-state index contributed by atoms with van der Waals surface area (Å²) in [5.74, 6) is 0.0575. The summed E-state index contributed by atoms with van der Waals surface area (Å²) in [4.78, 5) is 11.8. The van der Waals surface area contributed by atoms with Crippen LogP contribution >= 0.6 is 15.9 Å². The second kappa shape index (κ2) is 5.48. The summed E-state index contributed by atoms with van der Waals surface area (Å²) < 4.78 is 1.06. The smallest absolute Gasteiger partial charge is 0.185 e. The number of rotatable bonds is 4. The van der Waals surface area contributed by atoms with E-state index in [0.717, 1.165) is 16.6 Å². The van der Waals surface area contributed by atoms with E-state index in [4.69, 9.17) is 0 Å². The number of nitrogens with zero attached hydrogens (tertiary/aromatic N) is 1. The van der Waals surface area contributed by atoms with Crippen molar-refractivity contribution in [1.82, 2.24) is 10.2 Å². The average molecular weight is 307 g/mol. The standard InChI is InChI=1S/C14H15BrN2O/c1-9(2)14(18)13-8-12(16-17-13)7-10-3-5-11(15)6-4-10/h3-6,8-9H,7H2,1-2H3,(H,16,17). The van der Waals surface area contributed by atoms with Crippen molar-refractivity contribution in [3.63, 3.8) is 0 Å². The summed E-state index contributed by atoms with van der Waals surface area (Å²) in [5, 5.41) is 6.99. The van der Waals surface area contributed by atoms with Gasteiger partial charge in [-0.15, -0.1) is 0 Å². The zero-order chi connectivity index (χ0) is 13.1. The molecular weight excluding hydrogens is 292 g/mol. The first kappa shape index (κ1) is 13.0. The Kier molecular flexibility index (Phi) is 3.97. The fourth-order valence-electron chi connectivity index (χ4n) is 1.70. The summed E-state index contributed by atoms with van der Waals surface area (Å²) in [6.07, 6.45) is 0.756. The molecule has 18 heavy (non-hydrogen) atoms. The van der Waals surface area contributed by atoms with E-state index in [1.807, 2.05) is 32.0 Å². The zero-order valence-electron chi connectivity index (χ0n) is 10.4. The lowest BCUT2D eigenvalue weighted by atomic mass is 10.1. The third-order valence-electron chi connectivity index (χ3n) is 2.72. The molecule has 0 bridgehead atoms. The topological polar surface area (TPSA) is 45.8 Å². The molecule has 0 aliphatic heterocycles. The molecule has 1 N–H and O–H groups in total. The fraction of sp³-hybridized carbons (Fsp3) is 0.286. The second-order valence-electron chi connectivity index (χ2n) is 4.60. The summed E-state index contributed by atoms with van der Waals surface area (Å²) in [6, 6.07) is 9.95. The quantitative estimate of drug-likeness (QED) is 0.877. The van der Waals surface area contributed by atoms with Crippen LogP contribution in [0.2, 0.25) is 0 Å². The van der Waals surface area contributed by atoms with Crippen molar-refractivity contribution < 1.29 is 4.79 Å². The number of ketones is 1. The minimum atomic E-state index is -0.0196. The molecule has 0 aliphatic carbocycles. The Balaban J connectivity index is 2.11. The van der Waals surface area contributed by atoms with E-state index in [9.17, 15) is 4.79 Å². The molecule has 0 unspecified atom stereocenters. The molecule has 0 amide bonds. The van der Waals surface area contributed by atoms with Gasteiger partial charge in [0.1, 0.15) is 5.69 Å². The van der Waals surface area contributed by atoms with Gasteiger partial charge in [0, 0.05) is 22.5 Å². The lowest BCUT2D eigenvalue weighted by Gasteiger charge is -1.99. The van der Waals surface area contributed by atoms with E-state index in [-0.39, 0.29) is 11.7 Å². The van der Waals surface area contributed by atoms with Crippen LogP contribution < -0.4 is 0 Å². The molecule has 0 saturated carbocycles. The van der Waals surface area contributed by atoms with Crippen LogP contribution in [0.4, 0.5) is 0 Å². The SMILES string of the molecule is CC(C)C(=O)c1cc(Cc2ccc(Br)cc2)[nH]n1. The third kappa shape index (κ3) is 3.07. The zero-order valence-corrected chi connectivity index (χ0v) is 12.0. The van der Waals surface area contributed by atoms with Crippen molar-refractivity contribution in [3.05, 3.63) is 51.8 Å². The number of carbonyl (C=O) groups is 1. The van der Waals surface area contributed by atoms with Gasteiger partial charge in [-0.25, -0.2) is 0 Å². The van der Waals surface area contributed by atoms with Crippen molar-refractivity contribution in [2.45, 2.75) is 20.3 Å². The van der Waals surface area contributed by atoms with E-state index in [1.165, 1.54) is 5.56 Å². The van der Waals surface area contributed by atoms with Crippen molar-refractivity contribution in [2.24, 2.45) is 5.92 Å². The Morgan fingerprint density at radius 1 is 1.33 bits per heavy atom. The average Bonchev–Trinajstić information content (AvgIpc) is 2.79. The maximum absolute atomic E-state index is 11.8. The lowest BCUT2D eigenvalue weighted by molar-refractivity contribution is 0.0934. The maximum atomic E-state index is 11.8. The summed E-state index contributed by atoms with van der Waals surface area (Å²) >= 11 is 3.41. The van der Waals surface area contributed by atoms with Gasteiger partial charge in [-0.3, -0.25) is 9.89 Å². The Labute approximate surface area is 115 Å². The molecule has 2 rings (SSSR count). The number of hydrogen-bond acceptors (Lipinski definition) is 2. The molecule has 1 aromatic carbocycles. The fourth-order valence-corrected chi connectivity index (χ4v) is 1.96. The molecule has 94 valence electrons. The first-order chi connectivity index (χ1) is 8.56. The molecule has 0 radical (unpaired) electrons. The Bertz CT molecular complexity index is 543. The van der Waals surface area contributed by atoms with Crippen LogP contribution in [-0.4, -0.2) is 16.0 Å². The highest BCUT2D eigenvalue weighted by molar-refractivity contribution is 9.10. The molecule has 4 heteroatoms. The molecular formula is C14H15BrN2O. The van der Waals surface area contributed by atoms with Gasteiger partial charge in [0.15, 0.2) is 5.78 Å². The van der Waals surface area contributed by atoms with E-state index >= 15 is 0 Å². The number of Topliss-reactive ketones (excluding diaryl/α,β-unsaturated/α-hetero) is 1. The highest BCUT2D eigenvalue weighted by atomic mass is 79.9. The van der Waals surface area contributed by atoms with E-state index < -0.39 is 0 Å². The number of H-pyrrole nitrogens is 1. The molecule has 2 aromatic rings. The normalized spacial score (nSPS) is 10.9. The first-order valence-corrected chi connectivity index (χ1v) is 6.68. The molecule has 0 fully saturated rings. The van der Waals surface area contributed by atoms with Gasteiger partial charge in [0.05, 0.1) is 0 Å². The van der Waals surface area contributed by atoms with Gasteiger partial charge >= 0.3 is 0 Å². The Hall–Kier alpha value is -1.42. The highest BCUT2D eigenvalue weighted by Crippen LogP contribution is 2.14.